The molecule has 2 aliphatic rings. The second-order valence-corrected chi connectivity index (χ2v) is 8.21. The average molecular weight is 439 g/mol. The maximum atomic E-state index is 12.2. The highest BCUT2D eigenvalue weighted by atomic mass is 32.2. The molecule has 14 heteroatoms. The number of aliphatic carboxylic acids is 1. The Labute approximate surface area is 166 Å². The van der Waals surface area contributed by atoms with E-state index in [2.05, 4.69) is 0 Å². The number of hydrogen-bond donors (Lipinski definition) is 2. The number of amides is 2. The monoisotopic (exact) mass is 438 g/mol. The van der Waals surface area contributed by atoms with Crippen LogP contribution in [0, 0.1) is 0 Å². The number of thiocarbonyl (C=S) groups is 2. The molecule has 2 rings (SSSR count). The van der Waals surface area contributed by atoms with Gasteiger partial charge in [0.2, 0.25) is 0 Å². The summed E-state index contributed by atoms with van der Waals surface area (Å²) in [6.07, 6.45) is 0.214. The molecule has 0 radical (unpaired) electrons. The first kappa shape index (κ1) is 21.4. The van der Waals surface area contributed by atoms with Crippen LogP contribution in [0.3, 0.4) is 0 Å². The van der Waals surface area contributed by atoms with Gasteiger partial charge in [-0.15, -0.1) is 0 Å². The van der Waals surface area contributed by atoms with Gasteiger partial charge in [0.1, 0.15) is 13.1 Å². The first-order valence-corrected chi connectivity index (χ1v) is 10.3. The minimum absolute atomic E-state index is 0.0720. The Bertz CT molecular complexity index is 785. The number of carboxylic acid groups (broad SMARTS) is 1. The van der Waals surface area contributed by atoms with Crippen LogP contribution in [0.25, 0.3) is 0 Å². The molecule has 0 aromatic rings. The van der Waals surface area contributed by atoms with Crippen molar-refractivity contribution in [2.45, 2.75) is 19.3 Å². The summed E-state index contributed by atoms with van der Waals surface area (Å²) in [6.45, 7) is -0.182. The fourth-order valence-electron chi connectivity index (χ4n) is 2.63. The fourth-order valence-corrected chi connectivity index (χ4v) is 3.92. The number of carbonyl (C=O) groups is 3. The van der Waals surface area contributed by atoms with Crippen molar-refractivity contribution in [3.63, 3.8) is 0 Å². The summed E-state index contributed by atoms with van der Waals surface area (Å²) in [5.74, 6) is -2.18. The third kappa shape index (κ3) is 5.31. The zero-order valence-corrected chi connectivity index (χ0v) is 16.6. The van der Waals surface area contributed by atoms with Gasteiger partial charge in [0.05, 0.1) is 12.2 Å². The van der Waals surface area contributed by atoms with Crippen LogP contribution >= 0.6 is 24.4 Å². The fraction of sp³-hybridized carbons (Fsp3) is 0.615. The molecule has 2 aliphatic heterocycles. The Kier molecular flexibility index (Phi) is 6.67. The number of nitrogens with zero attached hydrogens (tertiary/aromatic N) is 4. The van der Waals surface area contributed by atoms with Gasteiger partial charge >= 0.3 is 5.97 Å². The second-order valence-electron chi connectivity index (χ2n) is 5.91. The molecule has 0 aromatic heterocycles. The molecule has 0 bridgehead atoms. The Morgan fingerprint density at radius 3 is 1.89 bits per heavy atom. The Morgan fingerprint density at radius 1 is 0.963 bits per heavy atom. The van der Waals surface area contributed by atoms with E-state index >= 15 is 0 Å². The van der Waals surface area contributed by atoms with Crippen molar-refractivity contribution in [3.05, 3.63) is 0 Å². The predicted molar refractivity (Wildman–Crippen MR) is 99.9 cm³/mol. The molecule has 150 valence electrons. The van der Waals surface area contributed by atoms with Crippen LogP contribution in [0.1, 0.15) is 19.3 Å². The van der Waals surface area contributed by atoms with E-state index in [-0.39, 0.29) is 61.1 Å². The molecular formula is C13H18N4O7S3. The van der Waals surface area contributed by atoms with Gasteiger partial charge < -0.3 is 5.11 Å². The third-order valence-electron chi connectivity index (χ3n) is 3.95. The lowest BCUT2D eigenvalue weighted by Crippen LogP contribution is -2.47. The molecule has 2 saturated heterocycles. The van der Waals surface area contributed by atoms with Gasteiger partial charge in [-0.2, -0.15) is 8.42 Å². The summed E-state index contributed by atoms with van der Waals surface area (Å²) in [7, 11) is -4.06. The lowest BCUT2D eigenvalue weighted by atomic mass is 10.3. The Morgan fingerprint density at radius 2 is 1.44 bits per heavy atom. The van der Waals surface area contributed by atoms with Crippen LogP contribution in [-0.4, -0.2) is 97.8 Å². The quantitative estimate of drug-likeness (QED) is 0.258. The molecule has 0 spiro atoms. The predicted octanol–water partition coefficient (Wildman–Crippen LogP) is -1.10. The molecule has 2 amide bonds. The second kappa shape index (κ2) is 8.41. The highest BCUT2D eigenvalue weighted by Gasteiger charge is 2.43. The van der Waals surface area contributed by atoms with E-state index in [1.54, 1.807) is 0 Å². The summed E-state index contributed by atoms with van der Waals surface area (Å²) < 4.78 is 30.2. The molecule has 2 fully saturated rings. The maximum Gasteiger partial charge on any atom is 0.305 e. The maximum absolute atomic E-state index is 12.2. The first-order chi connectivity index (χ1) is 12.5. The SMILES string of the molecule is O=C(O)CCN1C(=O)CN(N2CC(=O)N(CCCCS(=O)(=O)O)C2=S)C1=S. The summed E-state index contributed by atoms with van der Waals surface area (Å²) in [5.41, 5.74) is 0. The molecule has 2 N–H and O–H groups in total. The van der Waals surface area contributed by atoms with Crippen LogP contribution in [0.4, 0.5) is 0 Å². The largest absolute Gasteiger partial charge is 0.481 e. The molecule has 0 atom stereocenters. The van der Waals surface area contributed by atoms with Gasteiger partial charge in [0.15, 0.2) is 10.2 Å². The van der Waals surface area contributed by atoms with E-state index in [9.17, 15) is 22.8 Å². The van der Waals surface area contributed by atoms with Crippen molar-refractivity contribution >= 4 is 62.6 Å². The molecule has 0 aromatic carbocycles. The molecule has 27 heavy (non-hydrogen) atoms. The minimum Gasteiger partial charge on any atom is -0.481 e. The van der Waals surface area contributed by atoms with Crippen molar-refractivity contribution < 1.29 is 32.5 Å². The smallest absolute Gasteiger partial charge is 0.305 e. The van der Waals surface area contributed by atoms with Gasteiger partial charge in [0, 0.05) is 13.1 Å². The third-order valence-corrected chi connectivity index (χ3v) is 5.62. The molecular weight excluding hydrogens is 420 g/mol. The van der Waals surface area contributed by atoms with E-state index in [4.69, 9.17) is 34.1 Å². The van der Waals surface area contributed by atoms with Crippen molar-refractivity contribution in [3.8, 4) is 0 Å². The zero-order valence-electron chi connectivity index (χ0n) is 14.1. The number of hydrazine groups is 1. The zero-order chi connectivity index (χ0) is 20.4. The number of carboxylic acids is 1. The van der Waals surface area contributed by atoms with Gasteiger partial charge in [0.25, 0.3) is 21.9 Å². The van der Waals surface area contributed by atoms with Crippen LogP contribution in [0.15, 0.2) is 0 Å². The standard InChI is InChI=1S/C13H18N4O7S3/c18-9-7-16(12(25)14(9)4-1-2-6-27(22,23)24)17-8-10(19)15(13(17)26)5-3-11(20)21/h1-8H2,(H,20,21)(H,22,23,24). The summed E-state index contributed by atoms with van der Waals surface area (Å²) in [5, 5.41) is 11.7. The molecule has 0 unspecified atom stereocenters. The minimum atomic E-state index is -4.06. The summed E-state index contributed by atoms with van der Waals surface area (Å²) >= 11 is 10.5. The van der Waals surface area contributed by atoms with Crippen LogP contribution in [0.2, 0.25) is 0 Å². The van der Waals surface area contributed by atoms with E-state index in [1.807, 2.05) is 0 Å². The van der Waals surface area contributed by atoms with Gasteiger partial charge in [-0.3, -0.25) is 28.7 Å². The Hall–Kier alpha value is -1.90. The van der Waals surface area contributed by atoms with Crippen molar-refractivity contribution in [2.75, 3.05) is 31.9 Å². The number of carbonyl (C=O) groups excluding carboxylic acids is 2. The van der Waals surface area contributed by atoms with Crippen molar-refractivity contribution in [1.82, 2.24) is 19.8 Å². The molecule has 2 heterocycles. The van der Waals surface area contributed by atoms with Crippen LogP contribution < -0.4 is 0 Å². The lowest BCUT2D eigenvalue weighted by Gasteiger charge is -2.30. The molecule has 11 nitrogen and oxygen atoms in total. The van der Waals surface area contributed by atoms with Gasteiger partial charge in [-0.05, 0) is 37.3 Å². The number of hydrogen-bond acceptors (Lipinski definition) is 7. The van der Waals surface area contributed by atoms with Gasteiger partial charge in [-0.25, -0.2) is 10.0 Å². The van der Waals surface area contributed by atoms with Crippen LogP contribution in [-0.2, 0) is 24.5 Å². The lowest BCUT2D eigenvalue weighted by molar-refractivity contribution is -0.137. The van der Waals surface area contributed by atoms with Crippen molar-refractivity contribution in [2.24, 2.45) is 0 Å². The van der Waals surface area contributed by atoms with Gasteiger partial charge in [-0.1, -0.05) is 0 Å². The topological polar surface area (TPSA) is 139 Å². The average Bonchev–Trinajstić information content (AvgIpc) is 2.98. The highest BCUT2D eigenvalue weighted by Crippen LogP contribution is 2.20. The summed E-state index contributed by atoms with van der Waals surface area (Å²) in [4.78, 5) is 37.4. The Balaban J connectivity index is 1.96. The van der Waals surface area contributed by atoms with E-state index in [1.165, 1.54) is 14.9 Å². The number of unbranched alkanes of at least 4 members (excludes halogenated alkanes) is 1. The van der Waals surface area contributed by atoms with Crippen LogP contribution in [0.5, 0.6) is 0 Å². The summed E-state index contributed by atoms with van der Waals surface area (Å²) in [6, 6.07) is 0. The normalized spacial score (nSPS) is 18.3. The first-order valence-electron chi connectivity index (χ1n) is 7.92. The van der Waals surface area contributed by atoms with Crippen molar-refractivity contribution in [1.29, 1.82) is 0 Å². The molecule has 0 aliphatic carbocycles. The highest BCUT2D eigenvalue weighted by molar-refractivity contribution is 7.85. The number of rotatable bonds is 9. The van der Waals surface area contributed by atoms with E-state index in [0.29, 0.717) is 6.42 Å². The molecule has 0 saturated carbocycles. The van der Waals surface area contributed by atoms with E-state index < -0.39 is 21.8 Å². The van der Waals surface area contributed by atoms with E-state index in [0.717, 1.165) is 4.90 Å².